The number of aliphatic hydroxyl groups is 1. The van der Waals surface area contributed by atoms with Gasteiger partial charge in [0, 0.05) is 10.9 Å². The molecule has 35 heavy (non-hydrogen) atoms. The van der Waals surface area contributed by atoms with Crippen LogP contribution in [0.4, 0.5) is 0 Å². The van der Waals surface area contributed by atoms with Crippen LogP contribution in [-0.4, -0.2) is 38.3 Å². The quantitative estimate of drug-likeness (QED) is 0.277. The van der Waals surface area contributed by atoms with Gasteiger partial charge >= 0.3 is 5.97 Å². The zero-order valence-corrected chi connectivity index (χ0v) is 19.7. The number of ether oxygens (including phenoxy) is 2. The van der Waals surface area contributed by atoms with Crippen molar-refractivity contribution in [3.05, 3.63) is 69.0 Å². The maximum absolute atomic E-state index is 13.3. The Morgan fingerprint density at radius 2 is 2.03 bits per heavy atom. The Hall–Kier alpha value is -3.98. The molecule has 0 bridgehead atoms. The Balaban J connectivity index is 1.84. The van der Waals surface area contributed by atoms with Gasteiger partial charge in [-0.15, -0.1) is 0 Å². The Morgan fingerprint density at radius 3 is 2.66 bits per heavy atom. The van der Waals surface area contributed by atoms with Crippen molar-refractivity contribution in [3.8, 4) is 17.1 Å². The molecule has 0 radical (unpaired) electrons. The number of hydrogen-bond donors (Lipinski definition) is 2. The normalized spacial score (nSPS) is 13.6. The van der Waals surface area contributed by atoms with Crippen molar-refractivity contribution in [2.24, 2.45) is 0 Å². The summed E-state index contributed by atoms with van der Waals surface area (Å²) in [6.45, 7) is 9.08. The fourth-order valence-electron chi connectivity index (χ4n) is 4.51. The smallest absolute Gasteiger partial charge is 0.334 e. The summed E-state index contributed by atoms with van der Waals surface area (Å²) in [5.41, 5.74) is 4.08. The first-order chi connectivity index (χ1) is 16.7. The summed E-state index contributed by atoms with van der Waals surface area (Å²) in [5.74, 6) is -0.633. The van der Waals surface area contributed by atoms with E-state index in [0.29, 0.717) is 41.2 Å². The number of aryl methyl sites for hydroxylation is 1. The van der Waals surface area contributed by atoms with Crippen LogP contribution in [0, 0.1) is 0 Å². The molecule has 0 aliphatic carbocycles. The maximum Gasteiger partial charge on any atom is 0.334 e. The molecule has 0 amide bonds. The number of aliphatic carboxylic acids is 1. The highest BCUT2D eigenvalue weighted by atomic mass is 16.5. The number of carbonyl (C=O) groups excluding carboxylic acids is 1. The first-order valence-corrected chi connectivity index (χ1v) is 11.2. The van der Waals surface area contributed by atoms with E-state index in [1.807, 2.05) is 13.0 Å². The van der Waals surface area contributed by atoms with Gasteiger partial charge < -0.3 is 24.3 Å². The molecule has 2 N–H and O–H groups in total. The van der Waals surface area contributed by atoms with Crippen molar-refractivity contribution in [1.29, 1.82) is 0 Å². The van der Waals surface area contributed by atoms with Crippen molar-refractivity contribution in [1.82, 2.24) is 9.55 Å². The number of rotatable bonds is 9. The van der Waals surface area contributed by atoms with Crippen molar-refractivity contribution in [3.63, 3.8) is 0 Å². The third kappa shape index (κ3) is 4.19. The minimum atomic E-state index is -1.12. The SMILES string of the molecule is C=C(C(=O)O)C(C)Oc1ccc2nc3c(c(CC)c2c1)Cn1c-3cc(C(C)O)c(COC=O)c1=O. The Bertz CT molecular complexity index is 1420. The van der Waals surface area contributed by atoms with E-state index in [1.54, 1.807) is 36.6 Å². The molecule has 1 aliphatic heterocycles. The molecule has 0 saturated carbocycles. The van der Waals surface area contributed by atoms with Crippen molar-refractivity contribution < 1.29 is 29.3 Å². The van der Waals surface area contributed by atoms with Gasteiger partial charge in [0.05, 0.1) is 40.7 Å². The zero-order valence-electron chi connectivity index (χ0n) is 19.7. The fourth-order valence-corrected chi connectivity index (χ4v) is 4.51. The molecule has 0 spiro atoms. The molecule has 3 aromatic rings. The molecule has 9 nitrogen and oxygen atoms in total. The average molecular weight is 479 g/mol. The van der Waals surface area contributed by atoms with Crippen LogP contribution in [0.15, 0.2) is 41.2 Å². The first-order valence-electron chi connectivity index (χ1n) is 11.2. The summed E-state index contributed by atoms with van der Waals surface area (Å²) < 4.78 is 12.2. The number of hydrogen-bond acceptors (Lipinski definition) is 7. The van der Waals surface area contributed by atoms with Crippen molar-refractivity contribution in [2.45, 2.75) is 52.6 Å². The molecule has 2 atom stereocenters. The highest BCUT2D eigenvalue weighted by Crippen LogP contribution is 2.38. The molecule has 2 unspecified atom stereocenters. The number of fused-ring (bicyclic) bond motifs is 4. The van der Waals surface area contributed by atoms with E-state index in [4.69, 9.17) is 19.6 Å². The topological polar surface area (TPSA) is 128 Å². The second kappa shape index (κ2) is 9.34. The second-order valence-corrected chi connectivity index (χ2v) is 8.48. The number of carbonyl (C=O) groups is 2. The van der Waals surface area contributed by atoms with Gasteiger partial charge in [0.25, 0.3) is 12.0 Å². The zero-order chi connectivity index (χ0) is 25.4. The lowest BCUT2D eigenvalue weighted by Gasteiger charge is -2.16. The van der Waals surface area contributed by atoms with E-state index in [0.717, 1.165) is 16.5 Å². The van der Waals surface area contributed by atoms with Gasteiger partial charge in [-0.25, -0.2) is 9.78 Å². The van der Waals surface area contributed by atoms with Gasteiger partial charge in [-0.05, 0) is 55.7 Å². The summed E-state index contributed by atoms with van der Waals surface area (Å²) in [4.78, 5) is 40.0. The van der Waals surface area contributed by atoms with Crippen LogP contribution < -0.4 is 10.3 Å². The Morgan fingerprint density at radius 1 is 1.29 bits per heavy atom. The summed E-state index contributed by atoms with van der Waals surface area (Å²) in [6.07, 6.45) is -0.989. The average Bonchev–Trinajstić information content (AvgIpc) is 3.19. The number of nitrogens with zero attached hydrogens (tertiary/aromatic N) is 2. The molecule has 0 saturated heterocycles. The lowest BCUT2D eigenvalue weighted by molar-refractivity contribution is -0.133. The standard InChI is InChI=1S/C26H26N2O7/c1-5-17-19-8-16(35-15(4)13(2)26(32)33)6-7-22(19)27-24-20(17)10-28-23(24)9-18(14(3)30)21(25(28)31)11-34-12-29/h6-9,12,14-15,30H,2,5,10-11H2,1,3-4H3,(H,32,33). The summed E-state index contributed by atoms with van der Waals surface area (Å²) >= 11 is 0. The van der Waals surface area contributed by atoms with Gasteiger partial charge in [-0.2, -0.15) is 0 Å². The minimum absolute atomic E-state index is 0.0500. The predicted octanol–water partition coefficient (Wildman–Crippen LogP) is 3.12. The van der Waals surface area contributed by atoms with E-state index >= 15 is 0 Å². The number of benzene rings is 1. The molecule has 2 aromatic heterocycles. The summed E-state index contributed by atoms with van der Waals surface area (Å²) in [7, 11) is 0. The highest BCUT2D eigenvalue weighted by molar-refractivity contribution is 5.89. The van der Waals surface area contributed by atoms with E-state index < -0.39 is 18.2 Å². The highest BCUT2D eigenvalue weighted by Gasteiger charge is 2.29. The van der Waals surface area contributed by atoms with E-state index in [-0.39, 0.29) is 29.8 Å². The lowest BCUT2D eigenvalue weighted by atomic mass is 9.98. The molecule has 182 valence electrons. The van der Waals surface area contributed by atoms with Crippen molar-refractivity contribution in [2.75, 3.05) is 0 Å². The van der Waals surface area contributed by atoms with E-state index in [2.05, 4.69) is 6.58 Å². The fraction of sp³-hybridized carbons (Fsp3) is 0.308. The Labute approximate surface area is 201 Å². The third-order valence-electron chi connectivity index (χ3n) is 6.35. The molecule has 4 rings (SSSR count). The molecular formula is C26H26N2O7. The maximum atomic E-state index is 13.3. The number of carboxylic acids is 1. The molecular weight excluding hydrogens is 452 g/mol. The van der Waals surface area contributed by atoms with E-state index in [1.165, 1.54) is 0 Å². The molecule has 1 aromatic carbocycles. The van der Waals surface area contributed by atoms with Crippen molar-refractivity contribution >= 4 is 23.3 Å². The van der Waals surface area contributed by atoms with Gasteiger partial charge in [0.2, 0.25) is 0 Å². The third-order valence-corrected chi connectivity index (χ3v) is 6.35. The molecule has 0 fully saturated rings. The molecule has 3 heterocycles. The van der Waals surface area contributed by atoms with Gasteiger partial charge in [0.15, 0.2) is 0 Å². The second-order valence-electron chi connectivity index (χ2n) is 8.48. The monoisotopic (exact) mass is 478 g/mol. The number of aliphatic hydroxyl groups excluding tert-OH is 1. The Kier molecular flexibility index (Phi) is 6.45. The minimum Gasteiger partial charge on any atom is -0.486 e. The van der Waals surface area contributed by atoms with Crippen LogP contribution in [0.2, 0.25) is 0 Å². The number of pyridine rings is 2. The number of carboxylic acid groups (broad SMARTS) is 1. The van der Waals surface area contributed by atoms with Crippen LogP contribution in [-0.2, 0) is 33.9 Å². The van der Waals surface area contributed by atoms with Crippen LogP contribution in [0.25, 0.3) is 22.3 Å². The lowest BCUT2D eigenvalue weighted by Crippen LogP contribution is -2.26. The van der Waals surface area contributed by atoms with Crippen LogP contribution in [0.5, 0.6) is 5.75 Å². The summed E-state index contributed by atoms with van der Waals surface area (Å²) in [5, 5.41) is 20.3. The number of aromatic nitrogens is 2. The van der Waals surface area contributed by atoms with Gasteiger partial charge in [-0.3, -0.25) is 9.59 Å². The predicted molar refractivity (Wildman–Crippen MR) is 128 cm³/mol. The van der Waals surface area contributed by atoms with E-state index in [9.17, 15) is 19.5 Å². The van der Waals surface area contributed by atoms with Gasteiger partial charge in [-0.1, -0.05) is 13.5 Å². The van der Waals surface area contributed by atoms with Gasteiger partial charge in [0.1, 0.15) is 18.5 Å². The van der Waals surface area contributed by atoms with Crippen LogP contribution in [0.1, 0.15) is 49.1 Å². The summed E-state index contributed by atoms with van der Waals surface area (Å²) in [6, 6.07) is 7.07. The largest absolute Gasteiger partial charge is 0.486 e. The van der Waals surface area contributed by atoms with Crippen LogP contribution >= 0.6 is 0 Å². The molecule has 9 heteroatoms. The molecule has 1 aliphatic rings. The van der Waals surface area contributed by atoms with Crippen LogP contribution in [0.3, 0.4) is 0 Å². The first kappa shape index (κ1) is 24.2.